The van der Waals surface area contributed by atoms with E-state index in [1.54, 1.807) is 13.0 Å². The number of hydrogen-bond donors (Lipinski definition) is 0. The first kappa shape index (κ1) is 27.8. The molecule has 2 aromatic heterocycles. The van der Waals surface area contributed by atoms with E-state index in [1.807, 2.05) is 19.1 Å². The number of hydrogen-bond acceptors (Lipinski definition) is 5. The summed E-state index contributed by atoms with van der Waals surface area (Å²) in [7, 11) is 1.44. The summed E-state index contributed by atoms with van der Waals surface area (Å²) in [4.78, 5) is 16.9. The molecule has 0 saturated carbocycles. The van der Waals surface area contributed by atoms with Crippen LogP contribution in [0.3, 0.4) is 0 Å². The molecule has 36 heavy (non-hydrogen) atoms. The van der Waals surface area contributed by atoms with Crippen LogP contribution in [0.25, 0.3) is 17.7 Å². The topological polar surface area (TPSA) is 71.2 Å². The Hall–Kier alpha value is -2.74. The number of benzene rings is 1. The third kappa shape index (κ3) is 5.97. The fourth-order valence-corrected chi connectivity index (χ4v) is 4.16. The van der Waals surface area contributed by atoms with Gasteiger partial charge < -0.3 is 9.47 Å². The fourth-order valence-electron chi connectivity index (χ4n) is 3.45. The standard InChI is InChI=1S/C24H25F4IN4O3/c1-5-15-8-7-9-19(29)17(15)12-18(25)16-10-11-20(30-22(16)36-14(3)24(26,27)28)33-23(34)32(6-2)21(31-33)13-35-4/h7-12,14H,5-6,13H2,1-4H3/b18-12-/t14-/m0/s1. The quantitative estimate of drug-likeness (QED) is 0.232. The van der Waals surface area contributed by atoms with Crippen molar-refractivity contribution in [3.63, 3.8) is 0 Å². The number of methoxy groups -OCH3 is 1. The van der Waals surface area contributed by atoms with Crippen LogP contribution in [-0.2, 0) is 24.3 Å². The molecule has 0 bridgehead atoms. The van der Waals surface area contributed by atoms with Crippen molar-refractivity contribution in [2.45, 2.75) is 52.6 Å². The second-order valence-electron chi connectivity index (χ2n) is 7.77. The van der Waals surface area contributed by atoms with Crippen LogP contribution < -0.4 is 10.4 Å². The molecule has 0 aliphatic rings. The molecular weight excluding hydrogens is 595 g/mol. The normalized spacial score (nSPS) is 13.2. The second-order valence-corrected chi connectivity index (χ2v) is 8.93. The first-order chi connectivity index (χ1) is 17.0. The number of ether oxygens (including phenoxy) is 2. The van der Waals surface area contributed by atoms with E-state index < -0.39 is 29.7 Å². The van der Waals surface area contributed by atoms with E-state index in [-0.39, 0.29) is 24.5 Å². The van der Waals surface area contributed by atoms with E-state index in [9.17, 15) is 18.0 Å². The summed E-state index contributed by atoms with van der Waals surface area (Å²) >= 11 is 2.07. The molecule has 3 rings (SSSR count). The Morgan fingerprint density at radius 3 is 2.56 bits per heavy atom. The van der Waals surface area contributed by atoms with Gasteiger partial charge in [0.25, 0.3) is 0 Å². The maximum Gasteiger partial charge on any atom is 0.425 e. The number of nitrogens with zero attached hydrogens (tertiary/aromatic N) is 4. The Morgan fingerprint density at radius 2 is 1.94 bits per heavy atom. The molecule has 0 aliphatic heterocycles. The Balaban J connectivity index is 2.17. The second kappa shape index (κ2) is 11.5. The summed E-state index contributed by atoms with van der Waals surface area (Å²) in [5.74, 6) is -1.25. The average Bonchev–Trinajstić information content (AvgIpc) is 3.14. The Kier molecular flexibility index (Phi) is 8.93. The van der Waals surface area contributed by atoms with Gasteiger partial charge in [-0.3, -0.25) is 4.57 Å². The van der Waals surface area contributed by atoms with E-state index in [0.717, 1.165) is 20.7 Å². The van der Waals surface area contributed by atoms with Crippen molar-refractivity contribution in [1.82, 2.24) is 19.3 Å². The molecule has 0 spiro atoms. The lowest BCUT2D eigenvalue weighted by Crippen LogP contribution is -2.32. The van der Waals surface area contributed by atoms with Gasteiger partial charge in [0.1, 0.15) is 12.4 Å². The molecule has 194 valence electrons. The number of rotatable bonds is 9. The Labute approximate surface area is 218 Å². The van der Waals surface area contributed by atoms with Crippen molar-refractivity contribution in [2.75, 3.05) is 7.11 Å². The Bertz CT molecular complexity index is 1320. The molecule has 0 aliphatic carbocycles. The monoisotopic (exact) mass is 620 g/mol. The molecule has 0 fully saturated rings. The van der Waals surface area contributed by atoms with Gasteiger partial charge in [-0.2, -0.15) is 22.8 Å². The number of aryl methyl sites for hydroxylation is 1. The van der Waals surface area contributed by atoms with E-state index in [0.29, 0.717) is 17.8 Å². The molecule has 0 saturated heterocycles. The molecule has 12 heteroatoms. The molecule has 0 amide bonds. The molecule has 1 atom stereocenters. The first-order valence-corrected chi connectivity index (χ1v) is 12.2. The van der Waals surface area contributed by atoms with E-state index in [1.165, 1.54) is 29.9 Å². The highest BCUT2D eigenvalue weighted by atomic mass is 127. The van der Waals surface area contributed by atoms with Crippen LogP contribution >= 0.6 is 22.6 Å². The number of halogens is 5. The van der Waals surface area contributed by atoms with Gasteiger partial charge in [0.15, 0.2) is 17.7 Å². The van der Waals surface area contributed by atoms with Crippen molar-refractivity contribution in [2.24, 2.45) is 0 Å². The SMILES string of the molecule is CCc1cccc(I)c1/C=C(\F)c1ccc(-n2nc(COC)n(CC)c2=O)nc1O[C@@H](C)C(F)(F)F. The van der Waals surface area contributed by atoms with Crippen molar-refractivity contribution in [3.8, 4) is 11.7 Å². The van der Waals surface area contributed by atoms with E-state index in [2.05, 4.69) is 32.7 Å². The zero-order chi connectivity index (χ0) is 26.6. The highest BCUT2D eigenvalue weighted by Crippen LogP contribution is 2.33. The van der Waals surface area contributed by atoms with Crippen molar-refractivity contribution < 1.29 is 27.0 Å². The van der Waals surface area contributed by atoms with Crippen molar-refractivity contribution in [3.05, 3.63) is 66.9 Å². The van der Waals surface area contributed by atoms with Crippen LogP contribution in [0.1, 0.15) is 43.3 Å². The van der Waals surface area contributed by atoms with Crippen LogP contribution in [0.5, 0.6) is 5.88 Å². The minimum Gasteiger partial charge on any atom is -0.464 e. The van der Waals surface area contributed by atoms with Gasteiger partial charge in [-0.25, -0.2) is 9.18 Å². The van der Waals surface area contributed by atoms with E-state index >= 15 is 4.39 Å². The van der Waals surface area contributed by atoms with E-state index in [4.69, 9.17) is 9.47 Å². The summed E-state index contributed by atoms with van der Waals surface area (Å²) in [5, 5.41) is 4.18. The van der Waals surface area contributed by atoms with Gasteiger partial charge in [-0.1, -0.05) is 19.1 Å². The maximum absolute atomic E-state index is 15.5. The van der Waals surface area contributed by atoms with Crippen LogP contribution in [-0.4, -0.2) is 38.7 Å². The van der Waals surface area contributed by atoms with Gasteiger partial charge in [0, 0.05) is 17.2 Å². The predicted octanol–water partition coefficient (Wildman–Crippen LogP) is 5.56. The number of pyridine rings is 1. The van der Waals surface area contributed by atoms with Gasteiger partial charge in [0.2, 0.25) is 5.88 Å². The van der Waals surface area contributed by atoms with Crippen LogP contribution in [0, 0.1) is 3.57 Å². The molecular formula is C24H25F4IN4O3. The van der Waals surface area contributed by atoms with Gasteiger partial charge in [0.05, 0.1) is 5.56 Å². The molecule has 2 heterocycles. The third-order valence-corrected chi connectivity index (χ3v) is 6.33. The lowest BCUT2D eigenvalue weighted by molar-refractivity contribution is -0.190. The average molecular weight is 620 g/mol. The smallest absolute Gasteiger partial charge is 0.425 e. The van der Waals surface area contributed by atoms with Gasteiger partial charge >= 0.3 is 11.9 Å². The molecule has 0 N–H and O–H groups in total. The largest absolute Gasteiger partial charge is 0.464 e. The minimum atomic E-state index is -4.72. The summed E-state index contributed by atoms with van der Waals surface area (Å²) in [6, 6.07) is 8.02. The zero-order valence-electron chi connectivity index (χ0n) is 20.1. The first-order valence-electron chi connectivity index (χ1n) is 11.1. The number of alkyl halides is 3. The molecule has 1 aromatic carbocycles. The summed E-state index contributed by atoms with van der Waals surface area (Å²) in [5.41, 5.74) is 0.632. The lowest BCUT2D eigenvalue weighted by atomic mass is 10.0. The zero-order valence-corrected chi connectivity index (χ0v) is 22.2. The third-order valence-electron chi connectivity index (χ3n) is 5.39. The minimum absolute atomic E-state index is 0.0372. The molecule has 0 radical (unpaired) electrons. The highest BCUT2D eigenvalue weighted by molar-refractivity contribution is 14.1. The summed E-state index contributed by atoms with van der Waals surface area (Å²) < 4.78 is 68.6. The predicted molar refractivity (Wildman–Crippen MR) is 136 cm³/mol. The van der Waals surface area contributed by atoms with Gasteiger partial charge in [-0.05, 0) is 78.3 Å². The highest BCUT2D eigenvalue weighted by Gasteiger charge is 2.39. The van der Waals surface area contributed by atoms with Crippen LogP contribution in [0.4, 0.5) is 17.6 Å². The summed E-state index contributed by atoms with van der Waals surface area (Å²) in [6.07, 6.45) is -5.11. The van der Waals surface area contributed by atoms with Crippen LogP contribution in [0.15, 0.2) is 35.1 Å². The lowest BCUT2D eigenvalue weighted by Gasteiger charge is -2.19. The maximum atomic E-state index is 15.5. The number of aromatic nitrogens is 4. The summed E-state index contributed by atoms with van der Waals surface area (Å²) in [6.45, 7) is 4.77. The fraction of sp³-hybridized carbons (Fsp3) is 0.375. The van der Waals surface area contributed by atoms with Crippen LogP contribution in [0.2, 0.25) is 0 Å². The van der Waals surface area contributed by atoms with Crippen molar-refractivity contribution in [1.29, 1.82) is 0 Å². The molecule has 3 aromatic rings. The van der Waals surface area contributed by atoms with Gasteiger partial charge in [-0.15, -0.1) is 5.10 Å². The molecule has 7 nitrogen and oxygen atoms in total. The molecule has 0 unspecified atom stereocenters. The van der Waals surface area contributed by atoms with Crippen molar-refractivity contribution >= 4 is 34.5 Å². The Morgan fingerprint density at radius 1 is 1.22 bits per heavy atom.